The molecule has 1 aliphatic heterocycles. The van der Waals surface area contributed by atoms with Crippen molar-refractivity contribution in [1.82, 2.24) is 10.2 Å². The highest BCUT2D eigenvalue weighted by Gasteiger charge is 2.35. The van der Waals surface area contributed by atoms with E-state index in [1.807, 2.05) is 65.6 Å². The molecule has 7 nitrogen and oxygen atoms in total. The van der Waals surface area contributed by atoms with Gasteiger partial charge in [0.05, 0.1) is 14.2 Å². The minimum atomic E-state index is -0.262. The van der Waals surface area contributed by atoms with E-state index >= 15 is 0 Å². The number of nitrogens with one attached hydrogen (secondary N) is 2. The van der Waals surface area contributed by atoms with Crippen molar-refractivity contribution in [3.63, 3.8) is 0 Å². The first-order valence-electron chi connectivity index (χ1n) is 11.8. The molecular formula is C28H31N3O4. The van der Waals surface area contributed by atoms with E-state index in [1.54, 1.807) is 20.3 Å². The van der Waals surface area contributed by atoms with Crippen LogP contribution in [-0.4, -0.2) is 44.0 Å². The molecule has 182 valence electrons. The Morgan fingerprint density at radius 2 is 1.77 bits per heavy atom. The van der Waals surface area contributed by atoms with Crippen LogP contribution in [0.2, 0.25) is 0 Å². The van der Waals surface area contributed by atoms with Crippen molar-refractivity contribution < 1.29 is 19.1 Å². The molecule has 2 amide bonds. The first-order chi connectivity index (χ1) is 17.0. The molecular weight excluding hydrogens is 442 g/mol. The lowest BCUT2D eigenvalue weighted by molar-refractivity contribution is 0.0742. The number of hydrogen-bond donors (Lipinski definition) is 2. The summed E-state index contributed by atoms with van der Waals surface area (Å²) in [5.41, 5.74) is 4.06. The van der Waals surface area contributed by atoms with Crippen molar-refractivity contribution in [3.05, 3.63) is 89.0 Å². The van der Waals surface area contributed by atoms with Gasteiger partial charge in [0, 0.05) is 35.5 Å². The zero-order valence-corrected chi connectivity index (χ0v) is 20.3. The highest BCUT2D eigenvalue weighted by molar-refractivity contribution is 5.99. The number of anilines is 1. The number of benzene rings is 3. The number of hydrogen-bond acceptors (Lipinski definition) is 5. The summed E-state index contributed by atoms with van der Waals surface area (Å²) in [5, 5.41) is 6.45. The Balaban J connectivity index is 1.41. The van der Waals surface area contributed by atoms with Gasteiger partial charge >= 0.3 is 0 Å². The lowest BCUT2D eigenvalue weighted by Crippen LogP contribution is -2.33. The molecule has 0 fully saturated rings. The summed E-state index contributed by atoms with van der Waals surface area (Å²) < 4.78 is 10.6. The molecule has 1 aliphatic rings. The van der Waals surface area contributed by atoms with Crippen molar-refractivity contribution in [3.8, 4) is 11.5 Å². The smallest absolute Gasteiger partial charge is 0.256 e. The molecule has 1 unspecified atom stereocenters. The van der Waals surface area contributed by atoms with Crippen LogP contribution in [0.25, 0.3) is 0 Å². The Morgan fingerprint density at radius 1 is 0.971 bits per heavy atom. The van der Waals surface area contributed by atoms with Crippen molar-refractivity contribution in [2.75, 3.05) is 32.6 Å². The van der Waals surface area contributed by atoms with E-state index in [-0.39, 0.29) is 18.0 Å². The molecule has 0 radical (unpaired) electrons. The fourth-order valence-electron chi connectivity index (χ4n) is 4.36. The Hall–Kier alpha value is -4.00. The number of amides is 2. The Bertz CT molecular complexity index is 1210. The fourth-order valence-corrected chi connectivity index (χ4v) is 4.36. The summed E-state index contributed by atoms with van der Waals surface area (Å²) in [4.78, 5) is 27.5. The maximum absolute atomic E-state index is 12.9. The van der Waals surface area contributed by atoms with Crippen LogP contribution in [0.3, 0.4) is 0 Å². The lowest BCUT2D eigenvalue weighted by Gasteiger charge is -2.27. The molecule has 0 saturated carbocycles. The van der Waals surface area contributed by atoms with Crippen LogP contribution in [0.1, 0.15) is 51.4 Å². The van der Waals surface area contributed by atoms with Crippen LogP contribution < -0.4 is 20.1 Å². The van der Waals surface area contributed by atoms with Gasteiger partial charge in [-0.3, -0.25) is 9.59 Å². The number of carbonyl (C=O) groups excluding carboxylic acids is 2. The minimum Gasteiger partial charge on any atom is -0.493 e. The van der Waals surface area contributed by atoms with Gasteiger partial charge in [-0.25, -0.2) is 0 Å². The molecule has 1 atom stereocenters. The third-order valence-corrected chi connectivity index (χ3v) is 6.10. The van der Waals surface area contributed by atoms with E-state index in [9.17, 15) is 9.59 Å². The summed E-state index contributed by atoms with van der Waals surface area (Å²) in [6.45, 7) is 3.20. The molecule has 3 aromatic carbocycles. The van der Waals surface area contributed by atoms with Gasteiger partial charge in [-0.05, 0) is 54.8 Å². The minimum absolute atomic E-state index is 0.0315. The molecule has 0 spiro atoms. The van der Waals surface area contributed by atoms with Crippen molar-refractivity contribution in [2.45, 2.75) is 25.9 Å². The average Bonchev–Trinajstić information content (AvgIpc) is 3.15. The quantitative estimate of drug-likeness (QED) is 0.448. The molecule has 2 N–H and O–H groups in total. The summed E-state index contributed by atoms with van der Waals surface area (Å²) in [7, 11) is 3.21. The number of fused-ring (bicyclic) bond motifs is 1. The topological polar surface area (TPSA) is 79.9 Å². The van der Waals surface area contributed by atoms with Crippen molar-refractivity contribution in [1.29, 1.82) is 0 Å². The molecule has 35 heavy (non-hydrogen) atoms. The van der Waals surface area contributed by atoms with Gasteiger partial charge in [0.2, 0.25) is 0 Å². The standard InChI is InChI=1S/C28H31N3O4/c1-4-16-31-26(22-10-5-6-11-23(22)28(31)33)30-21-9-7-8-20(18-21)27(32)29-15-14-19-12-13-24(34-2)25(17-19)35-3/h5-13,17-18,26,30H,4,14-16H2,1-3H3,(H,29,32). The highest BCUT2D eigenvalue weighted by atomic mass is 16.5. The molecule has 0 aliphatic carbocycles. The molecule has 0 bridgehead atoms. The van der Waals surface area contributed by atoms with Crippen molar-refractivity contribution >= 4 is 17.5 Å². The van der Waals surface area contributed by atoms with Crippen LogP contribution in [0.15, 0.2) is 66.7 Å². The molecule has 1 heterocycles. The summed E-state index contributed by atoms with van der Waals surface area (Å²) in [5.74, 6) is 1.22. The highest BCUT2D eigenvalue weighted by Crippen LogP contribution is 2.34. The monoisotopic (exact) mass is 473 g/mol. The molecule has 0 aromatic heterocycles. The number of carbonyl (C=O) groups is 2. The van der Waals surface area contributed by atoms with E-state index in [2.05, 4.69) is 17.6 Å². The van der Waals surface area contributed by atoms with Gasteiger partial charge in [0.1, 0.15) is 6.17 Å². The second kappa shape index (κ2) is 11.0. The maximum Gasteiger partial charge on any atom is 0.256 e. The van der Waals surface area contributed by atoms with Gasteiger partial charge in [-0.2, -0.15) is 0 Å². The zero-order valence-electron chi connectivity index (χ0n) is 20.3. The molecule has 0 saturated heterocycles. The van der Waals surface area contributed by atoms with Gasteiger partial charge in [-0.1, -0.05) is 37.3 Å². The third kappa shape index (κ3) is 5.24. The van der Waals surface area contributed by atoms with Crippen LogP contribution in [-0.2, 0) is 6.42 Å². The number of ether oxygens (including phenoxy) is 2. The van der Waals surface area contributed by atoms with E-state index in [4.69, 9.17) is 9.47 Å². The Labute approximate surface area is 206 Å². The first-order valence-corrected chi connectivity index (χ1v) is 11.8. The molecule has 3 aromatic rings. The molecule has 7 heteroatoms. The normalized spacial score (nSPS) is 14.4. The largest absolute Gasteiger partial charge is 0.493 e. The van der Waals surface area contributed by atoms with Gasteiger partial charge in [0.15, 0.2) is 11.5 Å². The van der Waals surface area contributed by atoms with Crippen LogP contribution in [0.5, 0.6) is 11.5 Å². The predicted octanol–water partition coefficient (Wildman–Crippen LogP) is 4.65. The second-order valence-electron chi connectivity index (χ2n) is 8.41. The summed E-state index contributed by atoms with van der Waals surface area (Å²) in [6, 6.07) is 20.8. The number of methoxy groups -OCH3 is 2. The SMILES string of the molecule is CCCN1C(=O)c2ccccc2C1Nc1cccc(C(=O)NCCc2ccc(OC)c(OC)c2)c1. The van der Waals surface area contributed by atoms with Gasteiger partial charge in [-0.15, -0.1) is 0 Å². The van der Waals surface area contributed by atoms with E-state index in [0.717, 1.165) is 28.8 Å². The number of nitrogens with zero attached hydrogens (tertiary/aromatic N) is 1. The van der Waals surface area contributed by atoms with Crippen LogP contribution in [0, 0.1) is 0 Å². The summed E-state index contributed by atoms with van der Waals surface area (Å²) >= 11 is 0. The third-order valence-electron chi connectivity index (χ3n) is 6.10. The van der Waals surface area contributed by atoms with Crippen LogP contribution >= 0.6 is 0 Å². The average molecular weight is 474 g/mol. The summed E-state index contributed by atoms with van der Waals surface area (Å²) in [6.07, 6.45) is 1.26. The maximum atomic E-state index is 12.9. The predicted molar refractivity (Wildman–Crippen MR) is 136 cm³/mol. The Morgan fingerprint density at radius 3 is 2.54 bits per heavy atom. The lowest BCUT2D eigenvalue weighted by atomic mass is 10.1. The Kier molecular flexibility index (Phi) is 7.55. The van der Waals surface area contributed by atoms with Crippen molar-refractivity contribution in [2.24, 2.45) is 0 Å². The first kappa shape index (κ1) is 24.1. The fraction of sp³-hybridized carbons (Fsp3) is 0.286. The van der Waals surface area contributed by atoms with Gasteiger partial charge in [0.25, 0.3) is 11.8 Å². The molecule has 4 rings (SSSR count). The zero-order chi connectivity index (χ0) is 24.8. The second-order valence-corrected chi connectivity index (χ2v) is 8.41. The number of rotatable bonds is 10. The van der Waals surface area contributed by atoms with Crippen LogP contribution in [0.4, 0.5) is 5.69 Å². The van der Waals surface area contributed by atoms with Gasteiger partial charge < -0.3 is 25.0 Å². The van der Waals surface area contributed by atoms with E-state index < -0.39 is 0 Å². The van der Waals surface area contributed by atoms with E-state index in [0.29, 0.717) is 36.6 Å². The van der Waals surface area contributed by atoms with E-state index in [1.165, 1.54) is 0 Å².